The van der Waals surface area contributed by atoms with Gasteiger partial charge in [-0.1, -0.05) is 19.1 Å². The molecule has 8 heteroatoms. The van der Waals surface area contributed by atoms with E-state index in [-0.39, 0.29) is 48.5 Å². The summed E-state index contributed by atoms with van der Waals surface area (Å²) in [6, 6.07) is 7.40. The van der Waals surface area contributed by atoms with Crippen molar-refractivity contribution in [1.82, 2.24) is 10.6 Å². The lowest BCUT2D eigenvalue weighted by molar-refractivity contribution is -0.144. The molecule has 1 aromatic rings. The van der Waals surface area contributed by atoms with Gasteiger partial charge in [0, 0.05) is 13.1 Å². The van der Waals surface area contributed by atoms with Crippen LogP contribution in [0.4, 0.5) is 0 Å². The molecule has 0 saturated carbocycles. The number of halogens is 1. The predicted octanol–water partition coefficient (Wildman–Crippen LogP) is 2.49. The molecule has 0 heterocycles. The van der Waals surface area contributed by atoms with Crippen molar-refractivity contribution >= 4 is 35.9 Å². The molecule has 0 aliphatic rings. The van der Waals surface area contributed by atoms with Gasteiger partial charge in [0.2, 0.25) is 0 Å². The molecular formula is C19H32IN3O4. The predicted molar refractivity (Wildman–Crippen MR) is 118 cm³/mol. The third-order valence-corrected chi connectivity index (χ3v) is 3.55. The first-order valence-corrected chi connectivity index (χ1v) is 8.92. The lowest BCUT2D eigenvalue weighted by Gasteiger charge is -2.17. The fourth-order valence-electron chi connectivity index (χ4n) is 2.22. The Labute approximate surface area is 178 Å². The van der Waals surface area contributed by atoms with Crippen LogP contribution in [0.1, 0.15) is 39.4 Å². The number of rotatable bonds is 9. The molecule has 3 N–H and O–H groups in total. The molecule has 154 valence electrons. The minimum absolute atomic E-state index is 0. The maximum absolute atomic E-state index is 11.5. The molecule has 1 rings (SSSR count). The molecule has 0 radical (unpaired) electrons. The number of benzene rings is 1. The number of methoxy groups -OCH3 is 1. The minimum atomic E-state index is -0.715. The molecular weight excluding hydrogens is 461 g/mol. The third kappa shape index (κ3) is 9.81. The van der Waals surface area contributed by atoms with E-state index in [1.54, 1.807) is 6.92 Å². The normalized spacial score (nSPS) is 13.4. The number of carbonyl (C=O) groups excluding carboxylic acids is 1. The van der Waals surface area contributed by atoms with E-state index in [9.17, 15) is 9.90 Å². The maximum Gasteiger partial charge on any atom is 0.310 e. The van der Waals surface area contributed by atoms with Gasteiger partial charge in [0.25, 0.3) is 0 Å². The van der Waals surface area contributed by atoms with Gasteiger partial charge in [0.15, 0.2) is 5.96 Å². The molecule has 1 aromatic carbocycles. The zero-order valence-electron chi connectivity index (χ0n) is 16.7. The smallest absolute Gasteiger partial charge is 0.310 e. The maximum atomic E-state index is 11.5. The van der Waals surface area contributed by atoms with E-state index in [0.717, 1.165) is 11.3 Å². The minimum Gasteiger partial charge on any atom is -0.491 e. The Balaban J connectivity index is 0.00000676. The summed E-state index contributed by atoms with van der Waals surface area (Å²) in [6.07, 6.45) is -0.641. The van der Waals surface area contributed by atoms with E-state index in [1.807, 2.05) is 45.0 Å². The Morgan fingerprint density at radius 2 is 1.96 bits per heavy atom. The van der Waals surface area contributed by atoms with Crippen LogP contribution in [0.25, 0.3) is 0 Å². The van der Waals surface area contributed by atoms with E-state index in [4.69, 9.17) is 9.47 Å². The monoisotopic (exact) mass is 493 g/mol. The Morgan fingerprint density at radius 1 is 1.26 bits per heavy atom. The molecule has 0 fully saturated rings. The first kappa shape index (κ1) is 25.4. The first-order chi connectivity index (χ1) is 12.4. The number of aliphatic imine (C=N–C) groups is 1. The second-order valence-electron chi connectivity index (χ2n) is 6.28. The summed E-state index contributed by atoms with van der Waals surface area (Å²) in [5, 5.41) is 16.6. The van der Waals surface area contributed by atoms with E-state index in [1.165, 1.54) is 7.11 Å². The molecule has 0 aliphatic carbocycles. The van der Waals surface area contributed by atoms with Gasteiger partial charge in [0.05, 0.1) is 31.8 Å². The van der Waals surface area contributed by atoms with E-state index >= 15 is 0 Å². The number of nitrogens with zero attached hydrogens (tertiary/aromatic N) is 1. The largest absolute Gasteiger partial charge is 0.491 e. The fraction of sp³-hybridized carbons (Fsp3) is 0.579. The van der Waals surface area contributed by atoms with Crippen LogP contribution in [-0.4, -0.2) is 49.9 Å². The molecule has 2 atom stereocenters. The second kappa shape index (κ2) is 13.6. The quantitative estimate of drug-likeness (QED) is 0.212. The summed E-state index contributed by atoms with van der Waals surface area (Å²) in [6.45, 7) is 8.88. The molecule has 0 amide bonds. The fourth-order valence-corrected chi connectivity index (χ4v) is 2.22. The van der Waals surface area contributed by atoms with Gasteiger partial charge in [-0.25, -0.2) is 0 Å². The van der Waals surface area contributed by atoms with Crippen molar-refractivity contribution in [1.29, 1.82) is 0 Å². The van der Waals surface area contributed by atoms with Gasteiger partial charge in [-0.05, 0) is 38.5 Å². The standard InChI is InChI=1S/C19H31N3O4.HI/c1-6-20-19(21-11-14(4)18(24)25-5)22-12-17(23)15-8-7-9-16(10-15)26-13(2)3;/h7-10,13-14,17,23H,6,11-12H2,1-5H3,(H2,20,21,22);1H. The Morgan fingerprint density at radius 3 is 2.56 bits per heavy atom. The molecule has 0 aliphatic heterocycles. The van der Waals surface area contributed by atoms with Crippen LogP contribution in [0.15, 0.2) is 29.3 Å². The van der Waals surface area contributed by atoms with Gasteiger partial charge in [-0.2, -0.15) is 0 Å². The SMILES string of the molecule is CCNC(=NCC(C)C(=O)OC)NCC(O)c1cccc(OC(C)C)c1.I. The van der Waals surface area contributed by atoms with Crippen molar-refractivity contribution in [3.63, 3.8) is 0 Å². The van der Waals surface area contributed by atoms with Gasteiger partial charge in [0.1, 0.15) is 5.75 Å². The summed E-state index contributed by atoms with van der Waals surface area (Å²) in [5.41, 5.74) is 0.759. The van der Waals surface area contributed by atoms with Gasteiger partial charge in [-0.15, -0.1) is 24.0 Å². The molecule has 27 heavy (non-hydrogen) atoms. The van der Waals surface area contributed by atoms with Crippen LogP contribution in [0, 0.1) is 5.92 Å². The number of guanidine groups is 1. The molecule has 2 unspecified atom stereocenters. The average molecular weight is 493 g/mol. The zero-order valence-corrected chi connectivity index (χ0v) is 19.0. The molecule has 7 nitrogen and oxygen atoms in total. The third-order valence-electron chi connectivity index (χ3n) is 3.55. The number of carbonyl (C=O) groups is 1. The van der Waals surface area contributed by atoms with Gasteiger partial charge < -0.3 is 25.2 Å². The number of aliphatic hydroxyl groups excluding tert-OH is 1. The van der Waals surface area contributed by atoms with Gasteiger partial charge in [-0.3, -0.25) is 9.79 Å². The van der Waals surface area contributed by atoms with Crippen molar-refractivity contribution in [2.75, 3.05) is 26.7 Å². The summed E-state index contributed by atoms with van der Waals surface area (Å²) < 4.78 is 10.4. The van der Waals surface area contributed by atoms with Crippen LogP contribution in [0.2, 0.25) is 0 Å². The van der Waals surface area contributed by atoms with Crippen LogP contribution in [0.5, 0.6) is 5.75 Å². The zero-order chi connectivity index (χ0) is 19.5. The number of ether oxygens (including phenoxy) is 2. The Bertz CT molecular complexity index is 596. The van der Waals surface area contributed by atoms with Crippen molar-refractivity contribution in [2.24, 2.45) is 10.9 Å². The number of hydrogen-bond donors (Lipinski definition) is 3. The molecule has 0 bridgehead atoms. The highest BCUT2D eigenvalue weighted by Gasteiger charge is 2.13. The van der Waals surface area contributed by atoms with Crippen molar-refractivity contribution < 1.29 is 19.4 Å². The van der Waals surface area contributed by atoms with E-state index < -0.39 is 6.10 Å². The van der Waals surface area contributed by atoms with Crippen molar-refractivity contribution in [2.45, 2.75) is 39.9 Å². The van der Waals surface area contributed by atoms with E-state index in [2.05, 4.69) is 15.6 Å². The number of aliphatic hydroxyl groups is 1. The second-order valence-corrected chi connectivity index (χ2v) is 6.28. The average Bonchev–Trinajstić information content (AvgIpc) is 2.62. The number of hydrogen-bond acceptors (Lipinski definition) is 5. The van der Waals surface area contributed by atoms with Crippen LogP contribution in [0.3, 0.4) is 0 Å². The van der Waals surface area contributed by atoms with Crippen molar-refractivity contribution in [3.8, 4) is 5.75 Å². The Hall–Kier alpha value is -1.55. The van der Waals surface area contributed by atoms with Crippen LogP contribution < -0.4 is 15.4 Å². The summed E-state index contributed by atoms with van der Waals surface area (Å²) in [4.78, 5) is 15.8. The molecule has 0 aromatic heterocycles. The Kier molecular flexibility index (Phi) is 12.8. The highest BCUT2D eigenvalue weighted by atomic mass is 127. The van der Waals surface area contributed by atoms with Gasteiger partial charge >= 0.3 is 5.97 Å². The summed E-state index contributed by atoms with van der Waals surface area (Å²) >= 11 is 0. The first-order valence-electron chi connectivity index (χ1n) is 8.92. The van der Waals surface area contributed by atoms with Crippen molar-refractivity contribution in [3.05, 3.63) is 29.8 Å². The number of esters is 1. The highest BCUT2D eigenvalue weighted by Crippen LogP contribution is 2.19. The lowest BCUT2D eigenvalue weighted by atomic mass is 10.1. The molecule has 0 saturated heterocycles. The summed E-state index contributed by atoms with van der Waals surface area (Å²) in [5.74, 6) is 0.637. The van der Waals surface area contributed by atoms with Crippen LogP contribution in [-0.2, 0) is 9.53 Å². The topological polar surface area (TPSA) is 92.2 Å². The van der Waals surface area contributed by atoms with Crippen LogP contribution >= 0.6 is 24.0 Å². The highest BCUT2D eigenvalue weighted by molar-refractivity contribution is 14.0. The lowest BCUT2D eigenvalue weighted by Crippen LogP contribution is -2.40. The molecule has 0 spiro atoms. The summed E-state index contributed by atoms with van der Waals surface area (Å²) in [7, 11) is 1.36. The number of nitrogens with one attached hydrogen (secondary N) is 2. The van der Waals surface area contributed by atoms with E-state index in [0.29, 0.717) is 19.0 Å².